The Kier molecular flexibility index (Phi) is 2.94. The summed E-state index contributed by atoms with van der Waals surface area (Å²) in [4.78, 5) is 23.5. The van der Waals surface area contributed by atoms with E-state index in [-0.39, 0.29) is 11.7 Å². The van der Waals surface area contributed by atoms with Crippen molar-refractivity contribution in [1.82, 2.24) is 0 Å². The minimum absolute atomic E-state index is 0.0950. The zero-order valence-corrected chi connectivity index (χ0v) is 10.4. The Bertz CT molecular complexity index is 580. The van der Waals surface area contributed by atoms with Crippen LogP contribution in [-0.4, -0.2) is 34.3 Å². The summed E-state index contributed by atoms with van der Waals surface area (Å²) in [7, 11) is 0. The van der Waals surface area contributed by atoms with Gasteiger partial charge in [0.2, 0.25) is 5.91 Å². The summed E-state index contributed by atoms with van der Waals surface area (Å²) < 4.78 is 5.44. The molecule has 0 unspecified atom stereocenters. The third-order valence-electron chi connectivity index (χ3n) is 3.62. The Labute approximate surface area is 114 Å². The number of amides is 1. The van der Waals surface area contributed by atoms with Gasteiger partial charge in [0.1, 0.15) is 11.7 Å². The van der Waals surface area contributed by atoms with Crippen molar-refractivity contribution in [3.05, 3.63) is 36.4 Å². The van der Waals surface area contributed by atoms with Crippen LogP contribution in [0.2, 0.25) is 0 Å². The number of carbonyl (C=O) groups is 2. The number of aliphatic carboxylic acids is 1. The Morgan fingerprint density at radius 3 is 2.25 bits per heavy atom. The van der Waals surface area contributed by atoms with Crippen LogP contribution in [0.15, 0.2) is 36.4 Å². The molecule has 2 aliphatic heterocycles. The second kappa shape index (κ2) is 4.64. The molecule has 0 aromatic heterocycles. The molecule has 0 radical (unpaired) electrons. The van der Waals surface area contributed by atoms with Gasteiger partial charge in [0, 0.05) is 5.69 Å². The predicted molar refractivity (Wildman–Crippen MR) is 69.2 cm³/mol. The molecule has 2 aliphatic rings. The molecule has 0 spiro atoms. The van der Waals surface area contributed by atoms with E-state index in [2.05, 4.69) is 5.32 Å². The maximum absolute atomic E-state index is 12.3. The third-order valence-corrected chi connectivity index (χ3v) is 3.62. The second-order valence-electron chi connectivity index (χ2n) is 4.88. The highest BCUT2D eigenvalue weighted by Gasteiger charge is 2.53. The summed E-state index contributed by atoms with van der Waals surface area (Å²) in [5, 5.41) is 21.1. The van der Waals surface area contributed by atoms with Gasteiger partial charge in [-0.15, -0.1) is 0 Å². The van der Waals surface area contributed by atoms with Crippen molar-refractivity contribution in [2.24, 2.45) is 11.8 Å². The summed E-state index contributed by atoms with van der Waals surface area (Å²) in [6.07, 6.45) is 2.39. The summed E-state index contributed by atoms with van der Waals surface area (Å²) in [6.45, 7) is 0. The number of carboxylic acid groups (broad SMARTS) is 1. The molecular weight excluding hydrogens is 262 g/mol. The van der Waals surface area contributed by atoms with Gasteiger partial charge in [-0.3, -0.25) is 9.59 Å². The van der Waals surface area contributed by atoms with Crippen LogP contribution >= 0.6 is 0 Å². The lowest BCUT2D eigenvalue weighted by Gasteiger charge is -2.20. The molecule has 1 amide bonds. The molecule has 104 valence electrons. The fourth-order valence-electron chi connectivity index (χ4n) is 2.69. The normalized spacial score (nSPS) is 30.4. The van der Waals surface area contributed by atoms with E-state index in [4.69, 9.17) is 4.74 Å². The number of benzene rings is 1. The Hall–Kier alpha value is -2.34. The molecule has 3 N–H and O–H groups in total. The zero-order valence-electron chi connectivity index (χ0n) is 10.4. The molecule has 2 bridgehead atoms. The van der Waals surface area contributed by atoms with Crippen molar-refractivity contribution in [3.63, 3.8) is 0 Å². The van der Waals surface area contributed by atoms with Crippen LogP contribution in [0, 0.1) is 11.8 Å². The van der Waals surface area contributed by atoms with E-state index in [0.29, 0.717) is 5.69 Å². The fourth-order valence-corrected chi connectivity index (χ4v) is 2.69. The van der Waals surface area contributed by atoms with Gasteiger partial charge >= 0.3 is 5.97 Å². The average molecular weight is 275 g/mol. The Morgan fingerprint density at radius 1 is 1.05 bits per heavy atom. The number of ether oxygens (including phenoxy) is 1. The summed E-state index contributed by atoms with van der Waals surface area (Å²) in [5.74, 6) is -2.93. The van der Waals surface area contributed by atoms with Crippen molar-refractivity contribution < 1.29 is 24.5 Å². The second-order valence-corrected chi connectivity index (χ2v) is 4.88. The molecule has 1 aromatic carbocycles. The standard InChI is InChI=1S/C14H13NO5/c16-8-3-1-7(2-4-8)15-13(17)11-9-5-6-10(20-9)12(11)14(18)19/h1-6,9-12,16H,(H,15,17)(H,18,19)/t9-,10+,11+,12+/m1/s1. The lowest BCUT2D eigenvalue weighted by atomic mass is 9.82. The van der Waals surface area contributed by atoms with Crippen molar-refractivity contribution in [3.8, 4) is 5.75 Å². The number of hydrogen-bond donors (Lipinski definition) is 3. The lowest BCUT2D eigenvalue weighted by molar-refractivity contribution is -0.145. The van der Waals surface area contributed by atoms with Crippen LogP contribution in [0.1, 0.15) is 0 Å². The van der Waals surface area contributed by atoms with Crippen LogP contribution < -0.4 is 5.32 Å². The van der Waals surface area contributed by atoms with Crippen LogP contribution in [0.3, 0.4) is 0 Å². The maximum atomic E-state index is 12.3. The highest BCUT2D eigenvalue weighted by molar-refractivity contribution is 5.96. The van der Waals surface area contributed by atoms with E-state index >= 15 is 0 Å². The van der Waals surface area contributed by atoms with E-state index in [1.165, 1.54) is 12.1 Å². The minimum atomic E-state index is -1.03. The number of nitrogens with one attached hydrogen (secondary N) is 1. The van der Waals surface area contributed by atoms with Gasteiger partial charge in [0.25, 0.3) is 0 Å². The minimum Gasteiger partial charge on any atom is -0.508 e. The van der Waals surface area contributed by atoms with Crippen LogP contribution in [-0.2, 0) is 14.3 Å². The number of carbonyl (C=O) groups excluding carboxylic acids is 1. The number of hydrogen-bond acceptors (Lipinski definition) is 4. The lowest BCUT2D eigenvalue weighted by Crippen LogP contribution is -2.39. The summed E-state index contributed by atoms with van der Waals surface area (Å²) >= 11 is 0. The highest BCUT2D eigenvalue weighted by atomic mass is 16.5. The SMILES string of the molecule is O=C(O)[C@@H]1[C@@H](C(=O)Nc2ccc(O)cc2)[C@H]2C=C[C@@H]1O2. The highest BCUT2D eigenvalue weighted by Crippen LogP contribution is 2.39. The number of anilines is 1. The van der Waals surface area contributed by atoms with Crippen LogP contribution in [0.5, 0.6) is 5.75 Å². The van der Waals surface area contributed by atoms with E-state index in [0.717, 1.165) is 0 Å². The van der Waals surface area contributed by atoms with Gasteiger partial charge in [0.15, 0.2) is 0 Å². The van der Waals surface area contributed by atoms with Crippen molar-refractivity contribution in [2.75, 3.05) is 5.32 Å². The first-order chi connectivity index (χ1) is 9.56. The molecule has 0 aliphatic carbocycles. The molecule has 1 fully saturated rings. The molecule has 20 heavy (non-hydrogen) atoms. The van der Waals surface area contributed by atoms with Crippen molar-refractivity contribution >= 4 is 17.6 Å². The fraction of sp³-hybridized carbons (Fsp3) is 0.286. The Balaban J connectivity index is 1.78. The molecule has 4 atom stereocenters. The quantitative estimate of drug-likeness (QED) is 0.564. The van der Waals surface area contributed by atoms with Gasteiger partial charge in [-0.2, -0.15) is 0 Å². The van der Waals surface area contributed by atoms with E-state index in [9.17, 15) is 19.8 Å². The molecule has 6 heteroatoms. The third kappa shape index (κ3) is 2.04. The summed E-state index contributed by atoms with van der Waals surface area (Å²) in [6, 6.07) is 5.99. The predicted octanol–water partition coefficient (Wildman–Crippen LogP) is 0.985. The number of phenolic OH excluding ortho intramolecular Hbond substituents is 1. The van der Waals surface area contributed by atoms with Crippen molar-refractivity contribution in [2.45, 2.75) is 12.2 Å². The van der Waals surface area contributed by atoms with Crippen LogP contribution in [0.25, 0.3) is 0 Å². The van der Waals surface area contributed by atoms with Gasteiger partial charge in [-0.1, -0.05) is 12.2 Å². The first kappa shape index (κ1) is 12.7. The monoisotopic (exact) mass is 275 g/mol. The Morgan fingerprint density at radius 2 is 1.65 bits per heavy atom. The van der Waals surface area contributed by atoms with Gasteiger partial charge < -0.3 is 20.3 Å². The van der Waals surface area contributed by atoms with Gasteiger partial charge in [0.05, 0.1) is 18.1 Å². The number of fused-ring (bicyclic) bond motifs is 2. The molecule has 1 saturated heterocycles. The van der Waals surface area contributed by atoms with E-state index < -0.39 is 30.0 Å². The number of phenols is 1. The average Bonchev–Trinajstić information content (AvgIpc) is 3.01. The van der Waals surface area contributed by atoms with E-state index in [1.54, 1.807) is 24.3 Å². The smallest absolute Gasteiger partial charge is 0.310 e. The van der Waals surface area contributed by atoms with E-state index in [1.807, 2.05) is 0 Å². The largest absolute Gasteiger partial charge is 0.508 e. The van der Waals surface area contributed by atoms with Crippen molar-refractivity contribution in [1.29, 1.82) is 0 Å². The van der Waals surface area contributed by atoms with Crippen LogP contribution in [0.4, 0.5) is 5.69 Å². The molecule has 0 saturated carbocycles. The van der Waals surface area contributed by atoms with Gasteiger partial charge in [-0.25, -0.2) is 0 Å². The first-order valence-electron chi connectivity index (χ1n) is 6.23. The molecular formula is C14H13NO5. The molecule has 3 rings (SSSR count). The van der Waals surface area contributed by atoms with Gasteiger partial charge in [-0.05, 0) is 24.3 Å². The molecule has 6 nitrogen and oxygen atoms in total. The number of carboxylic acids is 1. The number of rotatable bonds is 3. The zero-order chi connectivity index (χ0) is 14.3. The summed E-state index contributed by atoms with van der Waals surface area (Å²) in [5.41, 5.74) is 0.503. The number of aromatic hydroxyl groups is 1. The topological polar surface area (TPSA) is 95.9 Å². The maximum Gasteiger partial charge on any atom is 0.310 e. The molecule has 1 aromatic rings. The molecule has 2 heterocycles. The first-order valence-corrected chi connectivity index (χ1v) is 6.23.